The van der Waals surface area contributed by atoms with Gasteiger partial charge in [0.05, 0.1) is 0 Å². The molecule has 7 heteroatoms. The van der Waals surface area contributed by atoms with E-state index < -0.39 is 0 Å². The molecule has 1 aromatic heterocycles. The molecular formula is C22H29IN6. The first-order valence-corrected chi connectivity index (χ1v) is 9.70. The van der Waals surface area contributed by atoms with Crippen LogP contribution in [0, 0.1) is 0 Å². The standard InChI is InChI=1S/C22H28N6.HI/c1-3-23-22(25-16-21-27-26-17-28(21)2)24-15-20(19-12-8-5-9-13-19)14-18-10-6-4-7-11-18;/h4-13,17,20H,3,14-16H2,1-2H3,(H2,23,24,25);1H. The van der Waals surface area contributed by atoms with Gasteiger partial charge in [0.25, 0.3) is 0 Å². The molecule has 2 N–H and O–H groups in total. The second-order valence-corrected chi connectivity index (χ2v) is 6.73. The molecule has 0 saturated carbocycles. The molecule has 6 nitrogen and oxygen atoms in total. The molecule has 0 aliphatic carbocycles. The Balaban J connectivity index is 0.00000300. The van der Waals surface area contributed by atoms with Crippen LogP contribution < -0.4 is 10.6 Å². The van der Waals surface area contributed by atoms with Crippen LogP contribution >= 0.6 is 24.0 Å². The van der Waals surface area contributed by atoms with Gasteiger partial charge in [0, 0.05) is 26.1 Å². The largest absolute Gasteiger partial charge is 0.357 e. The molecule has 3 aromatic rings. The quantitative estimate of drug-likeness (QED) is 0.280. The predicted octanol–water partition coefficient (Wildman–Crippen LogP) is 3.51. The topological polar surface area (TPSA) is 67.1 Å². The van der Waals surface area contributed by atoms with Gasteiger partial charge in [0.15, 0.2) is 11.8 Å². The van der Waals surface area contributed by atoms with Crippen molar-refractivity contribution in [2.45, 2.75) is 25.8 Å². The first-order chi connectivity index (χ1) is 13.8. The molecule has 0 spiro atoms. The van der Waals surface area contributed by atoms with Crippen molar-refractivity contribution in [1.82, 2.24) is 25.4 Å². The summed E-state index contributed by atoms with van der Waals surface area (Å²) < 4.78 is 1.88. The van der Waals surface area contributed by atoms with Crippen LogP contribution in [0.15, 0.2) is 72.0 Å². The fourth-order valence-corrected chi connectivity index (χ4v) is 3.09. The van der Waals surface area contributed by atoms with E-state index in [0.29, 0.717) is 12.5 Å². The first kappa shape index (κ1) is 22.9. The Morgan fingerprint density at radius 1 is 1.03 bits per heavy atom. The van der Waals surface area contributed by atoms with E-state index in [-0.39, 0.29) is 24.0 Å². The molecule has 2 aromatic carbocycles. The number of benzene rings is 2. The lowest BCUT2D eigenvalue weighted by molar-refractivity contribution is 0.643. The number of aromatic nitrogens is 3. The minimum absolute atomic E-state index is 0. The molecule has 0 aliphatic heterocycles. The van der Waals surface area contributed by atoms with Gasteiger partial charge in [-0.05, 0) is 24.5 Å². The summed E-state index contributed by atoms with van der Waals surface area (Å²) in [5, 5.41) is 14.8. The van der Waals surface area contributed by atoms with Crippen molar-refractivity contribution in [3.05, 3.63) is 83.9 Å². The summed E-state index contributed by atoms with van der Waals surface area (Å²) in [5.41, 5.74) is 2.65. The summed E-state index contributed by atoms with van der Waals surface area (Å²) in [6.07, 6.45) is 2.66. The summed E-state index contributed by atoms with van der Waals surface area (Å²) in [7, 11) is 1.93. The highest BCUT2D eigenvalue weighted by Gasteiger charge is 2.13. The van der Waals surface area contributed by atoms with Gasteiger partial charge in [0.2, 0.25) is 0 Å². The van der Waals surface area contributed by atoms with Gasteiger partial charge >= 0.3 is 0 Å². The average molecular weight is 504 g/mol. The molecule has 3 rings (SSSR count). The van der Waals surface area contributed by atoms with Gasteiger partial charge in [-0.1, -0.05) is 60.7 Å². The van der Waals surface area contributed by atoms with E-state index in [4.69, 9.17) is 0 Å². The normalized spacial score (nSPS) is 12.1. The van der Waals surface area contributed by atoms with Crippen LogP contribution in [0.4, 0.5) is 0 Å². The first-order valence-electron chi connectivity index (χ1n) is 9.70. The zero-order valence-corrected chi connectivity index (χ0v) is 19.3. The maximum atomic E-state index is 4.66. The predicted molar refractivity (Wildman–Crippen MR) is 129 cm³/mol. The van der Waals surface area contributed by atoms with Gasteiger partial charge in [-0.15, -0.1) is 34.2 Å². The Labute approximate surface area is 189 Å². The lowest BCUT2D eigenvalue weighted by Crippen LogP contribution is -2.39. The SMILES string of the molecule is CCNC(=NCc1nncn1C)NCC(Cc1ccccc1)c1ccccc1.I. The molecule has 1 unspecified atom stereocenters. The highest BCUT2D eigenvalue weighted by molar-refractivity contribution is 14.0. The van der Waals surface area contributed by atoms with Crippen LogP contribution in [-0.2, 0) is 20.0 Å². The number of rotatable bonds is 8. The fourth-order valence-electron chi connectivity index (χ4n) is 3.09. The lowest BCUT2D eigenvalue weighted by atomic mass is 9.92. The Hall–Kier alpha value is -2.42. The van der Waals surface area contributed by atoms with Crippen LogP contribution in [0.25, 0.3) is 0 Å². The molecule has 1 heterocycles. The molecular weight excluding hydrogens is 475 g/mol. The molecule has 0 amide bonds. The summed E-state index contributed by atoms with van der Waals surface area (Å²) in [6, 6.07) is 21.3. The van der Waals surface area contributed by atoms with Crippen molar-refractivity contribution in [3.8, 4) is 0 Å². The number of halogens is 1. The smallest absolute Gasteiger partial charge is 0.191 e. The van der Waals surface area contributed by atoms with E-state index in [2.05, 4.69) is 93.4 Å². The third-order valence-electron chi connectivity index (χ3n) is 4.64. The molecule has 0 radical (unpaired) electrons. The number of nitrogens with one attached hydrogen (secondary N) is 2. The highest BCUT2D eigenvalue weighted by Crippen LogP contribution is 2.20. The number of hydrogen-bond acceptors (Lipinski definition) is 3. The van der Waals surface area contributed by atoms with E-state index in [1.165, 1.54) is 11.1 Å². The van der Waals surface area contributed by atoms with Crippen molar-refractivity contribution in [2.24, 2.45) is 12.0 Å². The van der Waals surface area contributed by atoms with E-state index in [0.717, 1.165) is 31.3 Å². The minimum Gasteiger partial charge on any atom is -0.357 e. The van der Waals surface area contributed by atoms with Gasteiger partial charge in [-0.2, -0.15) is 0 Å². The third kappa shape index (κ3) is 7.16. The van der Waals surface area contributed by atoms with Crippen LogP contribution in [0.1, 0.15) is 29.8 Å². The molecule has 0 fully saturated rings. The van der Waals surface area contributed by atoms with E-state index >= 15 is 0 Å². The Morgan fingerprint density at radius 2 is 1.72 bits per heavy atom. The summed E-state index contributed by atoms with van der Waals surface area (Å²) in [5.74, 6) is 1.97. The fraction of sp³-hybridized carbons (Fsp3) is 0.318. The van der Waals surface area contributed by atoms with Crippen molar-refractivity contribution >= 4 is 29.9 Å². The molecule has 29 heavy (non-hydrogen) atoms. The maximum Gasteiger partial charge on any atom is 0.191 e. The number of guanidine groups is 1. The maximum absolute atomic E-state index is 4.66. The monoisotopic (exact) mass is 504 g/mol. The Morgan fingerprint density at radius 3 is 2.34 bits per heavy atom. The Bertz CT molecular complexity index is 863. The number of hydrogen-bond donors (Lipinski definition) is 2. The second kappa shape index (κ2) is 12.2. The average Bonchev–Trinajstić information content (AvgIpc) is 3.15. The van der Waals surface area contributed by atoms with Crippen molar-refractivity contribution < 1.29 is 0 Å². The van der Waals surface area contributed by atoms with Crippen molar-refractivity contribution in [1.29, 1.82) is 0 Å². The van der Waals surface area contributed by atoms with Crippen LogP contribution in [0.5, 0.6) is 0 Å². The molecule has 0 saturated heterocycles. The second-order valence-electron chi connectivity index (χ2n) is 6.73. The minimum atomic E-state index is 0. The van der Waals surface area contributed by atoms with Gasteiger partial charge in [0.1, 0.15) is 12.9 Å². The molecule has 0 aliphatic rings. The summed E-state index contributed by atoms with van der Waals surface area (Å²) in [6.45, 7) is 4.15. The van der Waals surface area contributed by atoms with E-state index in [1.54, 1.807) is 6.33 Å². The van der Waals surface area contributed by atoms with Gasteiger partial charge in [-0.25, -0.2) is 4.99 Å². The number of aryl methyl sites for hydroxylation is 1. The summed E-state index contributed by atoms with van der Waals surface area (Å²) in [4.78, 5) is 4.66. The molecule has 0 bridgehead atoms. The van der Waals surface area contributed by atoms with Crippen LogP contribution in [0.3, 0.4) is 0 Å². The van der Waals surface area contributed by atoms with E-state index in [1.807, 2.05) is 11.6 Å². The third-order valence-corrected chi connectivity index (χ3v) is 4.64. The van der Waals surface area contributed by atoms with Gasteiger partial charge in [-0.3, -0.25) is 0 Å². The summed E-state index contributed by atoms with van der Waals surface area (Å²) >= 11 is 0. The molecule has 154 valence electrons. The van der Waals surface area contributed by atoms with Crippen LogP contribution in [0.2, 0.25) is 0 Å². The molecule has 1 atom stereocenters. The lowest BCUT2D eigenvalue weighted by Gasteiger charge is -2.20. The number of aliphatic imine (C=N–C) groups is 1. The highest BCUT2D eigenvalue weighted by atomic mass is 127. The Kier molecular flexibility index (Phi) is 9.63. The van der Waals surface area contributed by atoms with Crippen molar-refractivity contribution in [3.63, 3.8) is 0 Å². The zero-order chi connectivity index (χ0) is 19.6. The van der Waals surface area contributed by atoms with Crippen molar-refractivity contribution in [2.75, 3.05) is 13.1 Å². The van der Waals surface area contributed by atoms with Crippen LogP contribution in [-0.4, -0.2) is 33.8 Å². The van der Waals surface area contributed by atoms with E-state index in [9.17, 15) is 0 Å². The zero-order valence-electron chi connectivity index (χ0n) is 17.0. The van der Waals surface area contributed by atoms with Gasteiger partial charge < -0.3 is 15.2 Å². The number of nitrogens with zero attached hydrogens (tertiary/aromatic N) is 4.